The highest BCUT2D eigenvalue weighted by Gasteiger charge is 2.28. The van der Waals surface area contributed by atoms with Crippen molar-refractivity contribution in [3.05, 3.63) is 51.7 Å². The fourth-order valence-corrected chi connectivity index (χ4v) is 3.93. The number of carbonyl (C=O) groups excluding carboxylic acids is 2. The number of amides is 2. The summed E-state index contributed by atoms with van der Waals surface area (Å²) in [6, 6.07) is 12.5. The summed E-state index contributed by atoms with van der Waals surface area (Å²) in [5.74, 6) is -0.0445. The van der Waals surface area contributed by atoms with Crippen molar-refractivity contribution in [3.8, 4) is 6.07 Å². The van der Waals surface area contributed by atoms with E-state index in [-0.39, 0.29) is 17.9 Å². The molecule has 1 aromatic heterocycles. The predicted octanol–water partition coefficient (Wildman–Crippen LogP) is 2.71. The average Bonchev–Trinajstić information content (AvgIpc) is 3.13. The molecule has 6 nitrogen and oxygen atoms in total. The average molecular weight is 382 g/mol. The summed E-state index contributed by atoms with van der Waals surface area (Å²) >= 11 is 1.51. The van der Waals surface area contributed by atoms with Crippen LogP contribution in [0.5, 0.6) is 0 Å². The molecule has 1 aromatic carbocycles. The van der Waals surface area contributed by atoms with Crippen LogP contribution in [-0.2, 0) is 4.79 Å². The van der Waals surface area contributed by atoms with Gasteiger partial charge in [0.2, 0.25) is 5.91 Å². The van der Waals surface area contributed by atoms with E-state index in [0.29, 0.717) is 37.4 Å². The zero-order valence-electron chi connectivity index (χ0n) is 15.4. The molecule has 0 bridgehead atoms. The molecule has 2 amide bonds. The Morgan fingerprint density at radius 3 is 2.56 bits per heavy atom. The number of piperazine rings is 1. The molecule has 1 unspecified atom stereocenters. The Kier molecular flexibility index (Phi) is 5.89. The maximum Gasteiger partial charge on any atom is 0.264 e. The lowest BCUT2D eigenvalue weighted by Crippen LogP contribution is -2.53. The van der Waals surface area contributed by atoms with Crippen LogP contribution in [0, 0.1) is 18.3 Å². The molecule has 1 aliphatic heterocycles. The van der Waals surface area contributed by atoms with E-state index in [0.717, 1.165) is 9.75 Å². The van der Waals surface area contributed by atoms with Crippen LogP contribution in [0.25, 0.3) is 0 Å². The minimum Gasteiger partial charge on any atom is -0.335 e. The van der Waals surface area contributed by atoms with Crippen LogP contribution in [0.3, 0.4) is 0 Å². The molecule has 0 spiro atoms. The Labute approximate surface area is 163 Å². The number of benzene rings is 1. The van der Waals surface area contributed by atoms with E-state index in [1.807, 2.05) is 30.9 Å². The van der Waals surface area contributed by atoms with Gasteiger partial charge < -0.3 is 10.2 Å². The number of nitrogens with one attached hydrogen (secondary N) is 1. The first-order chi connectivity index (χ1) is 13.0. The Balaban J connectivity index is 1.54. The van der Waals surface area contributed by atoms with E-state index >= 15 is 0 Å². The number of carbonyl (C=O) groups is 2. The zero-order chi connectivity index (χ0) is 19.4. The second-order valence-corrected chi connectivity index (χ2v) is 7.88. The van der Waals surface area contributed by atoms with Crippen LogP contribution >= 0.6 is 11.3 Å². The van der Waals surface area contributed by atoms with E-state index in [4.69, 9.17) is 5.26 Å². The van der Waals surface area contributed by atoms with Gasteiger partial charge >= 0.3 is 0 Å². The SMILES string of the molecule is Cc1ccc(C(=O)N2CCN(C(C)C(=O)Nc3cccc(C#N)c3)CC2)s1. The third-order valence-corrected chi connectivity index (χ3v) is 5.73. The predicted molar refractivity (Wildman–Crippen MR) is 106 cm³/mol. The van der Waals surface area contributed by atoms with Gasteiger partial charge in [-0.15, -0.1) is 11.3 Å². The normalized spacial score (nSPS) is 15.8. The van der Waals surface area contributed by atoms with E-state index < -0.39 is 0 Å². The molecule has 2 heterocycles. The van der Waals surface area contributed by atoms with Crippen molar-refractivity contribution in [1.82, 2.24) is 9.80 Å². The minimum atomic E-state index is -0.308. The van der Waals surface area contributed by atoms with Crippen LogP contribution in [0.4, 0.5) is 5.69 Å². The van der Waals surface area contributed by atoms with Crippen molar-refractivity contribution >= 4 is 28.8 Å². The monoisotopic (exact) mass is 382 g/mol. The van der Waals surface area contributed by atoms with Gasteiger partial charge in [0.1, 0.15) is 0 Å². The third kappa shape index (κ3) is 4.54. The number of nitriles is 1. The number of nitrogens with zero attached hydrogens (tertiary/aromatic N) is 3. The fraction of sp³-hybridized carbons (Fsp3) is 0.350. The topological polar surface area (TPSA) is 76.4 Å². The van der Waals surface area contributed by atoms with Crippen LogP contribution in [-0.4, -0.2) is 53.8 Å². The Bertz CT molecular complexity index is 878. The van der Waals surface area contributed by atoms with Crippen LogP contribution in [0.1, 0.15) is 27.0 Å². The van der Waals surface area contributed by atoms with Crippen LogP contribution in [0.2, 0.25) is 0 Å². The van der Waals surface area contributed by atoms with Crippen molar-refractivity contribution in [1.29, 1.82) is 5.26 Å². The third-order valence-electron chi connectivity index (χ3n) is 4.74. The number of hydrogen-bond acceptors (Lipinski definition) is 5. The van der Waals surface area contributed by atoms with Crippen molar-refractivity contribution in [2.24, 2.45) is 0 Å². The maximum absolute atomic E-state index is 12.5. The molecular weight excluding hydrogens is 360 g/mol. The molecule has 1 aliphatic rings. The minimum absolute atomic E-state index is 0.0678. The van der Waals surface area contributed by atoms with Crippen molar-refractivity contribution in [3.63, 3.8) is 0 Å². The summed E-state index contributed by atoms with van der Waals surface area (Å²) in [6.45, 7) is 6.38. The standard InChI is InChI=1S/C20H22N4O2S/c1-14-6-7-18(27-14)20(26)24-10-8-23(9-11-24)15(2)19(25)22-17-5-3-4-16(12-17)13-21/h3-7,12,15H,8-11H2,1-2H3,(H,22,25). The van der Waals surface area contributed by atoms with E-state index in [2.05, 4.69) is 16.3 Å². The second-order valence-electron chi connectivity index (χ2n) is 6.60. The Morgan fingerprint density at radius 2 is 1.93 bits per heavy atom. The van der Waals surface area contributed by atoms with Gasteiger partial charge in [-0.05, 0) is 44.2 Å². The van der Waals surface area contributed by atoms with Gasteiger partial charge in [0.15, 0.2) is 0 Å². The van der Waals surface area contributed by atoms with Gasteiger partial charge in [-0.25, -0.2) is 0 Å². The summed E-state index contributed by atoms with van der Waals surface area (Å²) in [6.07, 6.45) is 0. The maximum atomic E-state index is 12.5. The number of anilines is 1. The number of thiophene rings is 1. The highest BCUT2D eigenvalue weighted by Crippen LogP contribution is 2.19. The molecule has 1 N–H and O–H groups in total. The lowest BCUT2D eigenvalue weighted by molar-refractivity contribution is -0.121. The van der Waals surface area contributed by atoms with E-state index in [1.54, 1.807) is 24.3 Å². The molecule has 1 atom stereocenters. The van der Waals surface area contributed by atoms with E-state index in [9.17, 15) is 9.59 Å². The summed E-state index contributed by atoms with van der Waals surface area (Å²) in [5, 5.41) is 11.8. The molecule has 2 aromatic rings. The van der Waals surface area contributed by atoms with Gasteiger partial charge in [-0.1, -0.05) is 6.07 Å². The smallest absolute Gasteiger partial charge is 0.264 e. The van der Waals surface area contributed by atoms with Gasteiger partial charge in [-0.2, -0.15) is 5.26 Å². The molecule has 27 heavy (non-hydrogen) atoms. The van der Waals surface area contributed by atoms with Gasteiger partial charge in [-0.3, -0.25) is 14.5 Å². The van der Waals surface area contributed by atoms with Gasteiger partial charge in [0.25, 0.3) is 5.91 Å². The lowest BCUT2D eigenvalue weighted by Gasteiger charge is -2.37. The number of aryl methyl sites for hydroxylation is 1. The number of rotatable bonds is 4. The first-order valence-electron chi connectivity index (χ1n) is 8.88. The molecular formula is C20H22N4O2S. The summed E-state index contributed by atoms with van der Waals surface area (Å²) in [4.78, 5) is 30.9. The van der Waals surface area contributed by atoms with Crippen molar-refractivity contribution < 1.29 is 9.59 Å². The molecule has 0 aliphatic carbocycles. The Hall–Kier alpha value is -2.69. The van der Waals surface area contributed by atoms with Crippen LogP contribution in [0.15, 0.2) is 36.4 Å². The molecule has 140 valence electrons. The highest BCUT2D eigenvalue weighted by molar-refractivity contribution is 7.13. The van der Waals surface area contributed by atoms with Gasteiger partial charge in [0, 0.05) is 36.7 Å². The molecule has 1 saturated heterocycles. The molecule has 3 rings (SSSR count). The Morgan fingerprint density at radius 1 is 1.19 bits per heavy atom. The zero-order valence-corrected chi connectivity index (χ0v) is 16.3. The molecule has 7 heteroatoms. The van der Waals surface area contributed by atoms with Gasteiger partial charge in [0.05, 0.1) is 22.6 Å². The number of hydrogen-bond donors (Lipinski definition) is 1. The lowest BCUT2D eigenvalue weighted by atomic mass is 10.2. The molecule has 1 fully saturated rings. The summed E-state index contributed by atoms with van der Waals surface area (Å²) < 4.78 is 0. The highest BCUT2D eigenvalue weighted by atomic mass is 32.1. The first-order valence-corrected chi connectivity index (χ1v) is 9.70. The largest absolute Gasteiger partial charge is 0.335 e. The molecule has 0 saturated carbocycles. The quantitative estimate of drug-likeness (QED) is 0.882. The van der Waals surface area contributed by atoms with Crippen molar-refractivity contribution in [2.45, 2.75) is 19.9 Å². The fourth-order valence-electron chi connectivity index (χ4n) is 3.10. The second kappa shape index (κ2) is 8.33. The summed E-state index contributed by atoms with van der Waals surface area (Å²) in [5.41, 5.74) is 1.13. The van der Waals surface area contributed by atoms with Crippen LogP contribution < -0.4 is 5.32 Å². The van der Waals surface area contributed by atoms with Crippen molar-refractivity contribution in [2.75, 3.05) is 31.5 Å². The first kappa shape index (κ1) is 19.1. The van der Waals surface area contributed by atoms with E-state index in [1.165, 1.54) is 11.3 Å². The molecule has 0 radical (unpaired) electrons. The summed E-state index contributed by atoms with van der Waals surface area (Å²) in [7, 11) is 0.